The molecule has 0 spiro atoms. The van der Waals surface area contributed by atoms with Crippen LogP contribution < -0.4 is 25.4 Å². The number of rotatable bonds is 15. The average molecular weight is 642 g/mol. The Balaban J connectivity index is 2.03. The van der Waals surface area contributed by atoms with Gasteiger partial charge in [-0.05, 0) is 77.0 Å². The van der Waals surface area contributed by atoms with Gasteiger partial charge in [-0.25, -0.2) is 17.9 Å². The number of carbonyl (C=O) groups excluding carboxylic acids is 3. The van der Waals surface area contributed by atoms with Gasteiger partial charge in [0.15, 0.2) is 0 Å². The summed E-state index contributed by atoms with van der Waals surface area (Å²) in [6.07, 6.45) is 3.13. The number of alkyl halides is 1. The van der Waals surface area contributed by atoms with Gasteiger partial charge in [-0.2, -0.15) is 0 Å². The van der Waals surface area contributed by atoms with Crippen molar-refractivity contribution in [2.45, 2.75) is 96.2 Å². The number of guanidine groups is 1. The summed E-state index contributed by atoms with van der Waals surface area (Å²) in [7, 11) is -4.09. The van der Waals surface area contributed by atoms with E-state index in [1.807, 2.05) is 20.8 Å². The van der Waals surface area contributed by atoms with Crippen LogP contribution in [-0.4, -0.2) is 68.9 Å². The molecule has 0 saturated carbocycles. The smallest absolute Gasteiger partial charge is 0.328 e. The summed E-state index contributed by atoms with van der Waals surface area (Å²) < 4.78 is 40.2. The van der Waals surface area contributed by atoms with Gasteiger partial charge in [-0.1, -0.05) is 12.7 Å². The summed E-state index contributed by atoms with van der Waals surface area (Å²) in [5.74, 6) is -1.09. The maximum atomic E-state index is 13.4. The molecule has 12 nitrogen and oxygen atoms in total. The molecule has 0 saturated heterocycles. The summed E-state index contributed by atoms with van der Waals surface area (Å²) in [5, 5.41) is 16.1. The predicted molar refractivity (Wildman–Crippen MR) is 165 cm³/mol. The monoisotopic (exact) mass is 641 g/mol. The number of sulfonamides is 1. The minimum Gasteiger partial charge on any atom is -0.487 e. The molecule has 2 rings (SSSR count). The van der Waals surface area contributed by atoms with Gasteiger partial charge < -0.3 is 25.4 Å². The van der Waals surface area contributed by atoms with Crippen molar-refractivity contribution in [2.24, 2.45) is 0 Å². The Morgan fingerprint density at radius 3 is 2.35 bits per heavy atom. The second-order valence-corrected chi connectivity index (χ2v) is 13.2. The van der Waals surface area contributed by atoms with E-state index in [4.69, 9.17) is 26.5 Å². The number of carbonyl (C=O) groups is 3. The van der Waals surface area contributed by atoms with E-state index in [1.165, 1.54) is 13.0 Å². The van der Waals surface area contributed by atoms with Crippen LogP contribution in [0, 0.1) is 26.2 Å². The number of nitrogens with one attached hydrogen (secondary N) is 5. The van der Waals surface area contributed by atoms with Gasteiger partial charge in [-0.15, -0.1) is 11.6 Å². The van der Waals surface area contributed by atoms with E-state index in [1.54, 1.807) is 13.8 Å². The lowest BCUT2D eigenvalue weighted by molar-refractivity contribution is -0.147. The van der Waals surface area contributed by atoms with Crippen molar-refractivity contribution < 1.29 is 32.3 Å². The molecule has 1 aliphatic rings. The third-order valence-corrected chi connectivity index (χ3v) is 8.92. The summed E-state index contributed by atoms with van der Waals surface area (Å²) >= 11 is 5.75. The van der Waals surface area contributed by atoms with Crippen LogP contribution in [0.15, 0.2) is 17.6 Å². The van der Waals surface area contributed by atoms with Gasteiger partial charge in [0.25, 0.3) is 10.0 Å². The highest BCUT2D eigenvalue weighted by Gasteiger charge is 2.37. The molecule has 1 aromatic rings. The number of amides is 2. The largest absolute Gasteiger partial charge is 0.487 e. The summed E-state index contributed by atoms with van der Waals surface area (Å²) in [6.45, 7) is 14.1. The Morgan fingerprint density at radius 2 is 1.74 bits per heavy atom. The molecule has 0 bridgehead atoms. The van der Waals surface area contributed by atoms with Crippen molar-refractivity contribution in [3.63, 3.8) is 0 Å². The molecule has 2 amide bonds. The van der Waals surface area contributed by atoms with E-state index in [0.717, 1.165) is 11.1 Å². The zero-order valence-electron chi connectivity index (χ0n) is 25.7. The van der Waals surface area contributed by atoms with Crippen LogP contribution in [0.25, 0.3) is 0 Å². The van der Waals surface area contributed by atoms with E-state index in [0.29, 0.717) is 29.7 Å². The Hall–Kier alpha value is -3.32. The molecular weight excluding hydrogens is 598 g/mol. The normalized spacial score (nSPS) is 14.9. The van der Waals surface area contributed by atoms with Crippen LogP contribution in [0.1, 0.15) is 68.7 Å². The van der Waals surface area contributed by atoms with Gasteiger partial charge in [0.2, 0.25) is 17.8 Å². The number of hydrogen-bond donors (Lipinski definition) is 5. The van der Waals surface area contributed by atoms with Crippen molar-refractivity contribution in [1.82, 2.24) is 20.7 Å². The Labute approximate surface area is 259 Å². The second kappa shape index (κ2) is 15.4. The lowest BCUT2D eigenvalue weighted by Gasteiger charge is -2.22. The van der Waals surface area contributed by atoms with E-state index in [9.17, 15) is 22.8 Å². The van der Waals surface area contributed by atoms with E-state index < -0.39 is 51.5 Å². The van der Waals surface area contributed by atoms with E-state index >= 15 is 0 Å². The predicted octanol–water partition coefficient (Wildman–Crippen LogP) is 2.65. The Bertz CT molecular complexity index is 1350. The fourth-order valence-corrected chi connectivity index (χ4v) is 6.63. The average Bonchev–Trinajstić information content (AvgIpc) is 3.25. The number of benzene rings is 1. The molecule has 240 valence electrons. The van der Waals surface area contributed by atoms with Crippen LogP contribution in [0.5, 0.6) is 5.75 Å². The molecule has 1 aliphatic heterocycles. The zero-order chi connectivity index (χ0) is 32.5. The molecule has 14 heteroatoms. The van der Waals surface area contributed by atoms with Gasteiger partial charge >= 0.3 is 5.97 Å². The molecule has 43 heavy (non-hydrogen) atoms. The van der Waals surface area contributed by atoms with Crippen LogP contribution in [0.3, 0.4) is 0 Å². The zero-order valence-corrected chi connectivity index (χ0v) is 27.3. The van der Waals surface area contributed by atoms with E-state index in [-0.39, 0.29) is 43.2 Å². The van der Waals surface area contributed by atoms with Gasteiger partial charge in [0, 0.05) is 31.3 Å². The first-order valence-corrected chi connectivity index (χ1v) is 16.1. The molecule has 1 aromatic carbocycles. The molecule has 0 aromatic heterocycles. The van der Waals surface area contributed by atoms with Crippen molar-refractivity contribution in [2.75, 3.05) is 19.0 Å². The van der Waals surface area contributed by atoms with Crippen LogP contribution in [0.2, 0.25) is 0 Å². The van der Waals surface area contributed by atoms with Crippen LogP contribution >= 0.6 is 11.6 Å². The van der Waals surface area contributed by atoms with Gasteiger partial charge in [0.05, 0.1) is 4.90 Å². The highest BCUT2D eigenvalue weighted by Crippen LogP contribution is 2.43. The summed E-state index contributed by atoms with van der Waals surface area (Å²) in [6, 6.07) is -1.92. The first-order chi connectivity index (χ1) is 20.0. The first kappa shape index (κ1) is 35.9. The maximum absolute atomic E-state index is 13.4. The number of hydrogen-bond acceptors (Lipinski definition) is 8. The number of halogens is 1. The standard InChI is InChI=1S/C29H44ClN5O7S/c1-8-15-41-27(38)23(11-9-13-30)34-26(37)22(33-20(5)36)12-10-14-32-28(31)35-43(39,40)25-18(3)17(2)24-21(19(25)4)16-29(6,7)42-24/h8,22-23H,1,9-16H2,2-7H3,(H,33,36)(H,34,37)(H3,31,32,35)/t22-,23-/m1/s1. The number of esters is 1. The summed E-state index contributed by atoms with van der Waals surface area (Å²) in [5.41, 5.74) is 2.28. The minimum absolute atomic E-state index is 0.0135. The first-order valence-electron chi connectivity index (χ1n) is 14.1. The lowest BCUT2D eigenvalue weighted by Crippen LogP contribution is -2.51. The van der Waals surface area contributed by atoms with Crippen molar-refractivity contribution >= 4 is 45.4 Å². The molecule has 0 unspecified atom stereocenters. The molecule has 1 heterocycles. The summed E-state index contributed by atoms with van der Waals surface area (Å²) in [4.78, 5) is 37.2. The molecular formula is C29H44ClN5O7S. The number of ether oxygens (including phenoxy) is 2. The fourth-order valence-electron chi connectivity index (χ4n) is 4.95. The molecule has 0 radical (unpaired) electrons. The SMILES string of the molecule is C=CCOC(=O)[C@@H](CCCCl)NC(=O)[C@@H](CCCNC(=N)NS(=O)(=O)c1c(C)c(C)c2c(c1C)CC(C)(C)O2)NC(C)=O. The molecule has 0 aliphatic carbocycles. The minimum atomic E-state index is -4.09. The quantitative estimate of drug-likeness (QED) is 0.0485. The topological polar surface area (TPSA) is 176 Å². The number of fused-ring (bicyclic) bond motifs is 1. The van der Waals surface area contributed by atoms with Crippen LogP contribution in [0.4, 0.5) is 0 Å². The fraction of sp³-hybridized carbons (Fsp3) is 0.586. The second-order valence-electron chi connectivity index (χ2n) is 11.2. The van der Waals surface area contributed by atoms with Gasteiger partial charge in [-0.3, -0.25) is 15.0 Å². The maximum Gasteiger partial charge on any atom is 0.328 e. The highest BCUT2D eigenvalue weighted by atomic mass is 35.5. The lowest BCUT2D eigenvalue weighted by atomic mass is 9.94. The van der Waals surface area contributed by atoms with Crippen molar-refractivity contribution in [3.05, 3.63) is 34.9 Å². The third kappa shape index (κ3) is 9.85. The third-order valence-electron chi connectivity index (χ3n) is 7.03. The van der Waals surface area contributed by atoms with Gasteiger partial charge in [0.1, 0.15) is 30.0 Å². The highest BCUT2D eigenvalue weighted by molar-refractivity contribution is 7.90. The Kier molecular flexibility index (Phi) is 12.9. The molecule has 2 atom stereocenters. The van der Waals surface area contributed by atoms with Crippen LogP contribution in [-0.2, 0) is 35.6 Å². The van der Waals surface area contributed by atoms with Crippen molar-refractivity contribution in [3.8, 4) is 5.75 Å². The van der Waals surface area contributed by atoms with Crippen molar-refractivity contribution in [1.29, 1.82) is 5.41 Å². The molecule has 5 N–H and O–H groups in total. The Morgan fingerprint density at radius 1 is 1.09 bits per heavy atom. The molecule has 0 fully saturated rings. The van der Waals surface area contributed by atoms with E-state index in [2.05, 4.69) is 27.3 Å².